The average molecular weight is 302 g/mol. The van der Waals surface area contributed by atoms with E-state index in [-0.39, 0.29) is 17.6 Å². The predicted octanol–water partition coefficient (Wildman–Crippen LogP) is 2.54. The predicted molar refractivity (Wildman–Crippen MR) is 83.3 cm³/mol. The van der Waals surface area contributed by atoms with Crippen LogP contribution in [0.2, 0.25) is 0 Å². The largest absolute Gasteiger partial charge is 0.421 e. The molecule has 5 nitrogen and oxygen atoms in total. The van der Waals surface area contributed by atoms with Crippen molar-refractivity contribution in [2.24, 2.45) is 0 Å². The lowest BCUT2D eigenvalue weighted by Crippen LogP contribution is -2.46. The quantitative estimate of drug-likeness (QED) is 0.820. The fraction of sp³-hybridized carbons (Fsp3) is 0.412. The van der Waals surface area contributed by atoms with Crippen molar-refractivity contribution < 1.29 is 14.3 Å². The third kappa shape index (κ3) is 4.18. The Bertz CT molecular complexity index is 567. The van der Waals surface area contributed by atoms with Gasteiger partial charge in [0.05, 0.1) is 0 Å². The SMILES string of the molecule is CCCC(=O)OC1=C(C)CCN(NCc2ccccc2)C1=O. The van der Waals surface area contributed by atoms with Gasteiger partial charge in [-0.1, -0.05) is 37.3 Å². The highest BCUT2D eigenvalue weighted by Crippen LogP contribution is 2.19. The molecule has 5 heteroatoms. The van der Waals surface area contributed by atoms with Crippen LogP contribution in [0.4, 0.5) is 0 Å². The zero-order valence-electron chi connectivity index (χ0n) is 13.1. The summed E-state index contributed by atoms with van der Waals surface area (Å²) in [5.41, 5.74) is 5.02. The summed E-state index contributed by atoms with van der Waals surface area (Å²) in [6, 6.07) is 9.84. The molecule has 0 aliphatic carbocycles. The standard InChI is InChI=1S/C17H22N2O3/c1-3-7-15(20)22-16-13(2)10-11-19(17(16)21)18-12-14-8-5-4-6-9-14/h4-6,8-9,18H,3,7,10-12H2,1-2H3. The molecular weight excluding hydrogens is 280 g/mol. The molecule has 0 aromatic heterocycles. The number of ether oxygens (including phenoxy) is 1. The van der Waals surface area contributed by atoms with E-state index in [1.165, 1.54) is 5.01 Å². The Morgan fingerprint density at radius 3 is 2.73 bits per heavy atom. The Hall–Kier alpha value is -2.14. The number of rotatable bonds is 6. The minimum atomic E-state index is -0.352. The van der Waals surface area contributed by atoms with E-state index in [0.29, 0.717) is 32.4 Å². The summed E-state index contributed by atoms with van der Waals surface area (Å²) in [5.74, 6) is -0.454. The number of amides is 1. The van der Waals surface area contributed by atoms with Gasteiger partial charge in [-0.15, -0.1) is 0 Å². The van der Waals surface area contributed by atoms with Gasteiger partial charge in [-0.2, -0.15) is 0 Å². The molecule has 0 saturated heterocycles. The minimum Gasteiger partial charge on any atom is -0.421 e. The molecular formula is C17H22N2O3. The number of nitrogens with one attached hydrogen (secondary N) is 1. The number of hydrogen-bond acceptors (Lipinski definition) is 4. The highest BCUT2D eigenvalue weighted by Gasteiger charge is 2.28. The maximum absolute atomic E-state index is 12.4. The first-order chi connectivity index (χ1) is 10.6. The molecule has 0 spiro atoms. The molecule has 0 fully saturated rings. The van der Waals surface area contributed by atoms with E-state index in [0.717, 1.165) is 11.1 Å². The lowest BCUT2D eigenvalue weighted by atomic mass is 10.1. The van der Waals surface area contributed by atoms with Gasteiger partial charge < -0.3 is 4.74 Å². The zero-order valence-corrected chi connectivity index (χ0v) is 13.1. The van der Waals surface area contributed by atoms with Crippen molar-refractivity contribution in [3.63, 3.8) is 0 Å². The van der Waals surface area contributed by atoms with Gasteiger partial charge in [0.15, 0.2) is 5.76 Å². The van der Waals surface area contributed by atoms with Crippen LogP contribution in [0, 0.1) is 0 Å². The number of nitrogens with zero attached hydrogens (tertiary/aromatic N) is 1. The Morgan fingerprint density at radius 2 is 2.05 bits per heavy atom. The number of hydrogen-bond donors (Lipinski definition) is 1. The van der Waals surface area contributed by atoms with E-state index < -0.39 is 0 Å². The van der Waals surface area contributed by atoms with Crippen molar-refractivity contribution >= 4 is 11.9 Å². The number of esters is 1. The third-order valence-electron chi connectivity index (χ3n) is 3.52. The maximum Gasteiger partial charge on any atom is 0.311 e. The molecule has 118 valence electrons. The van der Waals surface area contributed by atoms with Crippen LogP contribution in [0.15, 0.2) is 41.7 Å². The molecule has 1 aromatic rings. The first-order valence-corrected chi connectivity index (χ1v) is 7.61. The summed E-state index contributed by atoms with van der Waals surface area (Å²) in [6.07, 6.45) is 1.72. The van der Waals surface area contributed by atoms with Crippen LogP contribution in [-0.4, -0.2) is 23.4 Å². The molecule has 0 unspecified atom stereocenters. The summed E-state index contributed by atoms with van der Waals surface area (Å²) in [6.45, 7) is 4.87. The van der Waals surface area contributed by atoms with E-state index in [4.69, 9.17) is 4.74 Å². The Balaban J connectivity index is 1.98. The Morgan fingerprint density at radius 1 is 1.32 bits per heavy atom. The zero-order chi connectivity index (χ0) is 15.9. The Labute approximate surface area is 130 Å². The molecule has 2 rings (SSSR count). The van der Waals surface area contributed by atoms with Crippen molar-refractivity contribution in [2.45, 2.75) is 39.7 Å². The molecule has 22 heavy (non-hydrogen) atoms. The summed E-state index contributed by atoms with van der Waals surface area (Å²) in [7, 11) is 0. The molecule has 0 atom stereocenters. The van der Waals surface area contributed by atoms with Gasteiger partial charge in [0.25, 0.3) is 0 Å². The highest BCUT2D eigenvalue weighted by molar-refractivity contribution is 5.95. The van der Waals surface area contributed by atoms with Crippen LogP contribution in [-0.2, 0) is 20.9 Å². The van der Waals surface area contributed by atoms with E-state index in [1.807, 2.05) is 44.2 Å². The van der Waals surface area contributed by atoms with Gasteiger partial charge in [-0.05, 0) is 30.9 Å². The number of benzene rings is 1. The van der Waals surface area contributed by atoms with Gasteiger partial charge in [-0.25, -0.2) is 5.43 Å². The normalized spacial score (nSPS) is 15.2. The van der Waals surface area contributed by atoms with Crippen molar-refractivity contribution in [3.05, 3.63) is 47.2 Å². The van der Waals surface area contributed by atoms with Crippen molar-refractivity contribution in [2.75, 3.05) is 6.54 Å². The summed E-state index contributed by atoms with van der Waals surface area (Å²) in [4.78, 5) is 24.1. The molecule has 1 aromatic carbocycles. The van der Waals surface area contributed by atoms with Crippen LogP contribution >= 0.6 is 0 Å². The van der Waals surface area contributed by atoms with Gasteiger partial charge >= 0.3 is 11.9 Å². The van der Waals surface area contributed by atoms with E-state index in [1.54, 1.807) is 0 Å². The third-order valence-corrected chi connectivity index (χ3v) is 3.52. The molecule has 1 N–H and O–H groups in total. The van der Waals surface area contributed by atoms with Gasteiger partial charge in [0, 0.05) is 19.5 Å². The van der Waals surface area contributed by atoms with E-state index in [2.05, 4.69) is 5.43 Å². The smallest absolute Gasteiger partial charge is 0.311 e. The second-order valence-corrected chi connectivity index (χ2v) is 5.36. The second-order valence-electron chi connectivity index (χ2n) is 5.36. The van der Waals surface area contributed by atoms with E-state index >= 15 is 0 Å². The number of carbonyl (C=O) groups excluding carboxylic acids is 2. The van der Waals surface area contributed by atoms with Gasteiger partial charge in [0.2, 0.25) is 0 Å². The van der Waals surface area contributed by atoms with Crippen molar-refractivity contribution in [1.82, 2.24) is 10.4 Å². The lowest BCUT2D eigenvalue weighted by molar-refractivity contribution is -0.147. The number of carbonyl (C=O) groups is 2. The van der Waals surface area contributed by atoms with Crippen LogP contribution < -0.4 is 5.43 Å². The fourth-order valence-corrected chi connectivity index (χ4v) is 2.23. The Kier molecular flexibility index (Phi) is 5.72. The van der Waals surface area contributed by atoms with Crippen LogP contribution in [0.3, 0.4) is 0 Å². The topological polar surface area (TPSA) is 58.6 Å². The van der Waals surface area contributed by atoms with Gasteiger partial charge in [0.1, 0.15) is 0 Å². The van der Waals surface area contributed by atoms with Gasteiger partial charge in [-0.3, -0.25) is 14.6 Å². The molecule has 1 amide bonds. The van der Waals surface area contributed by atoms with Crippen LogP contribution in [0.25, 0.3) is 0 Å². The lowest BCUT2D eigenvalue weighted by Gasteiger charge is -2.29. The first kappa shape index (κ1) is 16.2. The first-order valence-electron chi connectivity index (χ1n) is 7.61. The molecule has 0 bridgehead atoms. The van der Waals surface area contributed by atoms with Crippen molar-refractivity contribution in [1.29, 1.82) is 0 Å². The summed E-state index contributed by atoms with van der Waals surface area (Å²) >= 11 is 0. The molecule has 0 radical (unpaired) electrons. The van der Waals surface area contributed by atoms with Crippen molar-refractivity contribution in [3.8, 4) is 0 Å². The molecule has 1 aliphatic heterocycles. The van der Waals surface area contributed by atoms with Crippen LogP contribution in [0.1, 0.15) is 38.7 Å². The highest BCUT2D eigenvalue weighted by atomic mass is 16.5. The molecule has 0 saturated carbocycles. The van der Waals surface area contributed by atoms with E-state index in [9.17, 15) is 9.59 Å². The summed E-state index contributed by atoms with van der Waals surface area (Å²) in [5, 5.41) is 1.52. The molecule has 1 heterocycles. The maximum atomic E-state index is 12.4. The minimum absolute atomic E-state index is 0.172. The monoisotopic (exact) mass is 302 g/mol. The summed E-state index contributed by atoms with van der Waals surface area (Å²) < 4.78 is 5.25. The number of hydrazine groups is 1. The average Bonchev–Trinajstić information content (AvgIpc) is 2.52. The second kappa shape index (κ2) is 7.75. The molecule has 1 aliphatic rings. The van der Waals surface area contributed by atoms with Crippen LogP contribution in [0.5, 0.6) is 0 Å². The fourth-order valence-electron chi connectivity index (χ4n) is 2.23.